The molecular formula is C21H24N2O3S2. The van der Waals surface area contributed by atoms with Gasteiger partial charge in [-0.2, -0.15) is 0 Å². The summed E-state index contributed by atoms with van der Waals surface area (Å²) in [6.07, 6.45) is 4.21. The fraction of sp³-hybridized carbons (Fsp3) is 0.429. The highest BCUT2D eigenvalue weighted by molar-refractivity contribution is 8.00. The van der Waals surface area contributed by atoms with Gasteiger partial charge in [0.1, 0.15) is 6.61 Å². The molecule has 7 heteroatoms. The Balaban J connectivity index is 1.37. The SMILES string of the molecule is CSc1ccc(C(=O)N2CCC(N3C(=O)OC[C@H]3Cc3ccccc3)CC2)s1. The van der Waals surface area contributed by atoms with Gasteiger partial charge in [0.2, 0.25) is 0 Å². The maximum atomic E-state index is 12.7. The molecule has 1 atom stereocenters. The van der Waals surface area contributed by atoms with Gasteiger partial charge in [-0.25, -0.2) is 4.79 Å². The number of thioether (sulfide) groups is 1. The lowest BCUT2D eigenvalue weighted by atomic mass is 9.99. The molecule has 4 rings (SSSR count). The molecule has 0 unspecified atom stereocenters. The van der Waals surface area contributed by atoms with Crippen LogP contribution in [0.25, 0.3) is 0 Å². The zero-order valence-electron chi connectivity index (χ0n) is 15.9. The van der Waals surface area contributed by atoms with E-state index in [9.17, 15) is 9.59 Å². The van der Waals surface area contributed by atoms with Crippen LogP contribution in [0, 0.1) is 0 Å². The van der Waals surface area contributed by atoms with Crippen LogP contribution >= 0.6 is 23.1 Å². The number of carbonyl (C=O) groups is 2. The predicted octanol–water partition coefficient (Wildman–Crippen LogP) is 4.14. The van der Waals surface area contributed by atoms with Gasteiger partial charge in [-0.05, 0) is 43.2 Å². The fourth-order valence-corrected chi connectivity index (χ4v) is 5.52. The summed E-state index contributed by atoms with van der Waals surface area (Å²) in [6.45, 7) is 1.80. The van der Waals surface area contributed by atoms with Crippen molar-refractivity contribution in [3.8, 4) is 0 Å². The molecule has 0 saturated carbocycles. The molecule has 0 aliphatic carbocycles. The van der Waals surface area contributed by atoms with E-state index in [1.54, 1.807) is 23.1 Å². The van der Waals surface area contributed by atoms with E-state index in [0.717, 1.165) is 28.3 Å². The first-order chi connectivity index (χ1) is 13.7. The van der Waals surface area contributed by atoms with Crippen molar-refractivity contribution in [3.05, 3.63) is 52.9 Å². The van der Waals surface area contributed by atoms with Crippen LogP contribution in [0.4, 0.5) is 4.79 Å². The predicted molar refractivity (Wildman–Crippen MR) is 112 cm³/mol. The first-order valence-corrected chi connectivity index (χ1v) is 11.6. The summed E-state index contributed by atoms with van der Waals surface area (Å²) in [7, 11) is 0. The first kappa shape index (κ1) is 19.3. The van der Waals surface area contributed by atoms with Crippen molar-refractivity contribution in [2.24, 2.45) is 0 Å². The van der Waals surface area contributed by atoms with Crippen LogP contribution in [-0.2, 0) is 11.2 Å². The minimum absolute atomic E-state index is 0.0728. The van der Waals surface area contributed by atoms with Gasteiger partial charge in [0.15, 0.2) is 0 Å². The molecule has 2 saturated heterocycles. The molecule has 0 spiro atoms. The highest BCUT2D eigenvalue weighted by Crippen LogP contribution is 2.29. The molecule has 1 aromatic carbocycles. The average molecular weight is 417 g/mol. The standard InChI is InChI=1S/C21H24N2O3S2/c1-27-19-8-7-18(28-19)20(24)22-11-9-16(10-12-22)23-17(14-26-21(23)25)13-15-5-3-2-4-6-15/h2-8,16-17H,9-14H2,1H3/t17-/m1/s1. The van der Waals surface area contributed by atoms with Gasteiger partial charge in [-0.15, -0.1) is 23.1 Å². The molecule has 5 nitrogen and oxygen atoms in total. The van der Waals surface area contributed by atoms with E-state index in [1.807, 2.05) is 46.4 Å². The number of hydrogen-bond acceptors (Lipinski definition) is 5. The Hall–Kier alpha value is -1.99. The number of nitrogens with zero attached hydrogens (tertiary/aromatic N) is 2. The van der Waals surface area contributed by atoms with Gasteiger partial charge in [-0.3, -0.25) is 9.69 Å². The second kappa shape index (κ2) is 8.57. The number of ether oxygens (including phenoxy) is 1. The van der Waals surface area contributed by atoms with E-state index in [-0.39, 0.29) is 24.1 Å². The summed E-state index contributed by atoms with van der Waals surface area (Å²) >= 11 is 3.21. The molecule has 148 valence electrons. The first-order valence-electron chi connectivity index (χ1n) is 9.58. The number of rotatable bonds is 5. The van der Waals surface area contributed by atoms with Crippen molar-refractivity contribution >= 4 is 35.1 Å². The Morgan fingerprint density at radius 3 is 2.61 bits per heavy atom. The van der Waals surface area contributed by atoms with Gasteiger partial charge in [0.25, 0.3) is 5.91 Å². The molecule has 3 heterocycles. The third-order valence-corrected chi connectivity index (χ3v) is 7.61. The van der Waals surface area contributed by atoms with Crippen molar-refractivity contribution in [2.45, 2.75) is 35.6 Å². The summed E-state index contributed by atoms with van der Waals surface area (Å²) in [6, 6.07) is 14.4. The van der Waals surface area contributed by atoms with Crippen LogP contribution in [0.2, 0.25) is 0 Å². The summed E-state index contributed by atoms with van der Waals surface area (Å²) in [4.78, 5) is 29.8. The van der Waals surface area contributed by atoms with Crippen molar-refractivity contribution < 1.29 is 14.3 Å². The third kappa shape index (κ3) is 4.05. The average Bonchev–Trinajstić information content (AvgIpc) is 3.35. The quantitative estimate of drug-likeness (QED) is 0.688. The Morgan fingerprint density at radius 1 is 1.18 bits per heavy atom. The van der Waals surface area contributed by atoms with E-state index in [0.29, 0.717) is 19.7 Å². The Bertz CT molecular complexity index is 831. The Morgan fingerprint density at radius 2 is 1.93 bits per heavy atom. The summed E-state index contributed by atoms with van der Waals surface area (Å²) in [5.74, 6) is 0.105. The normalized spacial score (nSPS) is 20.5. The lowest BCUT2D eigenvalue weighted by Gasteiger charge is -2.37. The topological polar surface area (TPSA) is 49.9 Å². The van der Waals surface area contributed by atoms with Crippen LogP contribution in [-0.4, -0.2) is 59.8 Å². The maximum absolute atomic E-state index is 12.7. The van der Waals surface area contributed by atoms with Crippen molar-refractivity contribution in [2.75, 3.05) is 26.0 Å². The van der Waals surface area contributed by atoms with Gasteiger partial charge < -0.3 is 9.64 Å². The van der Waals surface area contributed by atoms with Crippen LogP contribution in [0.1, 0.15) is 28.1 Å². The molecule has 0 radical (unpaired) electrons. The fourth-order valence-electron chi connectivity index (χ4n) is 4.01. The number of cyclic esters (lactones) is 1. The molecule has 28 heavy (non-hydrogen) atoms. The third-order valence-electron chi connectivity index (χ3n) is 5.46. The lowest BCUT2D eigenvalue weighted by Crippen LogP contribution is -2.50. The smallest absolute Gasteiger partial charge is 0.410 e. The molecule has 2 aromatic rings. The summed E-state index contributed by atoms with van der Waals surface area (Å²) in [5, 5.41) is 0. The zero-order valence-corrected chi connectivity index (χ0v) is 17.5. The molecule has 2 amide bonds. The largest absolute Gasteiger partial charge is 0.447 e. The van der Waals surface area contributed by atoms with Gasteiger partial charge in [0, 0.05) is 19.1 Å². The molecule has 0 bridgehead atoms. The van der Waals surface area contributed by atoms with E-state index >= 15 is 0 Å². The zero-order chi connectivity index (χ0) is 19.5. The van der Waals surface area contributed by atoms with Crippen LogP contribution < -0.4 is 0 Å². The van der Waals surface area contributed by atoms with Crippen LogP contribution in [0.5, 0.6) is 0 Å². The minimum atomic E-state index is -0.214. The number of piperidine rings is 1. The van der Waals surface area contributed by atoms with Crippen LogP contribution in [0.15, 0.2) is 46.7 Å². The highest BCUT2D eigenvalue weighted by atomic mass is 32.2. The van der Waals surface area contributed by atoms with Gasteiger partial charge in [-0.1, -0.05) is 30.3 Å². The van der Waals surface area contributed by atoms with Crippen molar-refractivity contribution in [1.29, 1.82) is 0 Å². The van der Waals surface area contributed by atoms with Gasteiger partial charge >= 0.3 is 6.09 Å². The molecule has 2 aliphatic heterocycles. The van der Waals surface area contributed by atoms with E-state index < -0.39 is 0 Å². The second-order valence-electron chi connectivity index (χ2n) is 7.17. The number of benzene rings is 1. The molecular weight excluding hydrogens is 392 g/mol. The lowest BCUT2D eigenvalue weighted by molar-refractivity contribution is 0.0641. The highest BCUT2D eigenvalue weighted by Gasteiger charge is 2.39. The maximum Gasteiger partial charge on any atom is 0.410 e. The van der Waals surface area contributed by atoms with Gasteiger partial charge in [0.05, 0.1) is 15.1 Å². The monoisotopic (exact) mass is 416 g/mol. The summed E-state index contributed by atoms with van der Waals surface area (Å²) < 4.78 is 6.52. The molecule has 2 fully saturated rings. The van der Waals surface area contributed by atoms with Crippen molar-refractivity contribution in [1.82, 2.24) is 9.80 Å². The molecule has 2 aliphatic rings. The number of hydrogen-bond donors (Lipinski definition) is 0. The van der Waals surface area contributed by atoms with Crippen LogP contribution in [0.3, 0.4) is 0 Å². The minimum Gasteiger partial charge on any atom is -0.447 e. The van der Waals surface area contributed by atoms with E-state index in [1.165, 1.54) is 5.56 Å². The van der Waals surface area contributed by atoms with E-state index in [4.69, 9.17) is 4.74 Å². The Labute approximate surface area is 173 Å². The summed E-state index contributed by atoms with van der Waals surface area (Å²) in [5.41, 5.74) is 1.21. The molecule has 0 N–H and O–H groups in total. The number of amides is 2. The number of carbonyl (C=O) groups excluding carboxylic acids is 2. The molecule has 1 aromatic heterocycles. The van der Waals surface area contributed by atoms with Crippen molar-refractivity contribution in [3.63, 3.8) is 0 Å². The number of likely N-dealkylation sites (tertiary alicyclic amines) is 1. The number of thiophene rings is 1. The Kier molecular flexibility index (Phi) is 5.92. The second-order valence-corrected chi connectivity index (χ2v) is 9.36. The van der Waals surface area contributed by atoms with E-state index in [2.05, 4.69) is 12.1 Å².